The van der Waals surface area contributed by atoms with E-state index in [1.807, 2.05) is 35.7 Å². The minimum atomic E-state index is 0.102. The SMILES string of the molecule is Cc1cnc(C2CCCN2C(=O)CCn2nccc2C)[nH]1. The lowest BCUT2D eigenvalue weighted by Crippen LogP contribution is -2.31. The van der Waals surface area contributed by atoms with Crippen molar-refractivity contribution in [1.29, 1.82) is 0 Å². The second kappa shape index (κ2) is 5.71. The van der Waals surface area contributed by atoms with E-state index < -0.39 is 0 Å². The number of amides is 1. The van der Waals surface area contributed by atoms with Gasteiger partial charge in [0.1, 0.15) is 5.82 Å². The Kier molecular flexibility index (Phi) is 3.77. The van der Waals surface area contributed by atoms with Gasteiger partial charge in [0.15, 0.2) is 0 Å². The average molecular weight is 287 g/mol. The Morgan fingerprint density at radius 1 is 1.48 bits per heavy atom. The second-order valence-electron chi connectivity index (χ2n) is 5.64. The quantitative estimate of drug-likeness (QED) is 0.935. The molecule has 1 saturated heterocycles. The van der Waals surface area contributed by atoms with Gasteiger partial charge in [-0.25, -0.2) is 4.98 Å². The molecular formula is C15H21N5O. The molecule has 0 saturated carbocycles. The summed E-state index contributed by atoms with van der Waals surface area (Å²) < 4.78 is 1.88. The molecule has 1 fully saturated rings. The van der Waals surface area contributed by atoms with E-state index >= 15 is 0 Å². The lowest BCUT2D eigenvalue weighted by molar-refractivity contribution is -0.132. The molecule has 0 aliphatic carbocycles. The number of carbonyl (C=O) groups is 1. The molecule has 6 heteroatoms. The van der Waals surface area contributed by atoms with Gasteiger partial charge in [-0.3, -0.25) is 9.48 Å². The van der Waals surface area contributed by atoms with Gasteiger partial charge in [-0.15, -0.1) is 0 Å². The molecule has 21 heavy (non-hydrogen) atoms. The van der Waals surface area contributed by atoms with Gasteiger partial charge in [0, 0.05) is 43.3 Å². The fourth-order valence-electron chi connectivity index (χ4n) is 2.93. The van der Waals surface area contributed by atoms with Crippen LogP contribution in [0.3, 0.4) is 0 Å². The maximum absolute atomic E-state index is 12.5. The van der Waals surface area contributed by atoms with E-state index in [-0.39, 0.29) is 11.9 Å². The maximum atomic E-state index is 12.5. The number of aryl methyl sites for hydroxylation is 3. The third-order valence-corrected chi connectivity index (χ3v) is 4.08. The summed E-state index contributed by atoms with van der Waals surface area (Å²) in [5.74, 6) is 1.09. The van der Waals surface area contributed by atoms with Crippen molar-refractivity contribution >= 4 is 5.91 Å². The van der Waals surface area contributed by atoms with E-state index in [0.29, 0.717) is 13.0 Å². The Hall–Kier alpha value is -2.11. The number of nitrogens with zero attached hydrogens (tertiary/aromatic N) is 4. The third kappa shape index (κ3) is 2.84. The van der Waals surface area contributed by atoms with Crippen LogP contribution in [-0.4, -0.2) is 37.1 Å². The molecule has 3 heterocycles. The molecule has 1 aliphatic rings. The highest BCUT2D eigenvalue weighted by Gasteiger charge is 2.31. The smallest absolute Gasteiger partial charge is 0.225 e. The zero-order valence-corrected chi connectivity index (χ0v) is 12.5. The lowest BCUT2D eigenvalue weighted by atomic mass is 10.2. The average Bonchev–Trinajstić information content (AvgIpc) is 3.16. The normalized spacial score (nSPS) is 18.4. The first-order chi connectivity index (χ1) is 10.1. The highest BCUT2D eigenvalue weighted by molar-refractivity contribution is 5.76. The molecule has 0 bridgehead atoms. The summed E-state index contributed by atoms with van der Waals surface area (Å²) in [6, 6.07) is 2.05. The summed E-state index contributed by atoms with van der Waals surface area (Å²) in [6.07, 6.45) is 6.10. The predicted octanol–water partition coefficient (Wildman–Crippen LogP) is 1.98. The van der Waals surface area contributed by atoms with Crippen molar-refractivity contribution in [3.05, 3.63) is 35.7 Å². The van der Waals surface area contributed by atoms with Crippen LogP contribution in [0.5, 0.6) is 0 Å². The van der Waals surface area contributed by atoms with Crippen LogP contribution in [0.2, 0.25) is 0 Å². The molecule has 3 rings (SSSR count). The first-order valence-corrected chi connectivity index (χ1v) is 7.44. The molecule has 0 spiro atoms. The van der Waals surface area contributed by atoms with Crippen molar-refractivity contribution in [2.24, 2.45) is 0 Å². The Bertz CT molecular complexity index is 630. The molecule has 6 nitrogen and oxygen atoms in total. The Morgan fingerprint density at radius 2 is 2.33 bits per heavy atom. The highest BCUT2D eigenvalue weighted by atomic mass is 16.2. The summed E-state index contributed by atoms with van der Waals surface area (Å²) in [5.41, 5.74) is 2.12. The number of hydrogen-bond donors (Lipinski definition) is 1. The van der Waals surface area contributed by atoms with Gasteiger partial charge in [0.25, 0.3) is 0 Å². The Balaban J connectivity index is 1.65. The topological polar surface area (TPSA) is 66.8 Å². The van der Waals surface area contributed by atoms with E-state index in [2.05, 4.69) is 15.1 Å². The van der Waals surface area contributed by atoms with E-state index in [0.717, 1.165) is 36.6 Å². The summed E-state index contributed by atoms with van der Waals surface area (Å²) in [7, 11) is 0. The van der Waals surface area contributed by atoms with Crippen LogP contribution in [0.1, 0.15) is 42.5 Å². The van der Waals surface area contributed by atoms with Crippen LogP contribution in [0.15, 0.2) is 18.5 Å². The number of hydrogen-bond acceptors (Lipinski definition) is 3. The first kappa shape index (κ1) is 13.9. The standard InChI is InChI=1S/C15H21N5O/c1-11-10-16-15(18-11)13-4-3-8-19(13)14(21)6-9-20-12(2)5-7-17-20/h5,7,10,13H,3-4,6,8-9H2,1-2H3,(H,16,18). The molecular weight excluding hydrogens is 266 g/mol. The van der Waals surface area contributed by atoms with Crippen molar-refractivity contribution in [1.82, 2.24) is 24.6 Å². The van der Waals surface area contributed by atoms with Crippen LogP contribution in [0.25, 0.3) is 0 Å². The largest absolute Gasteiger partial charge is 0.344 e. The zero-order valence-electron chi connectivity index (χ0n) is 12.5. The van der Waals surface area contributed by atoms with Gasteiger partial charge < -0.3 is 9.88 Å². The molecule has 1 unspecified atom stereocenters. The summed E-state index contributed by atoms with van der Waals surface area (Å²) in [6.45, 7) is 5.44. The van der Waals surface area contributed by atoms with Gasteiger partial charge in [0.2, 0.25) is 5.91 Å². The van der Waals surface area contributed by atoms with Crippen molar-refractivity contribution in [3.8, 4) is 0 Å². The Labute approximate surface area is 124 Å². The highest BCUT2D eigenvalue weighted by Crippen LogP contribution is 2.30. The van der Waals surface area contributed by atoms with Crippen LogP contribution in [-0.2, 0) is 11.3 Å². The van der Waals surface area contributed by atoms with E-state index in [4.69, 9.17) is 0 Å². The number of rotatable bonds is 4. The number of imidazole rings is 1. The van der Waals surface area contributed by atoms with E-state index in [9.17, 15) is 4.79 Å². The molecule has 1 atom stereocenters. The summed E-state index contributed by atoms with van der Waals surface area (Å²) in [5, 5.41) is 4.22. The zero-order chi connectivity index (χ0) is 14.8. The summed E-state index contributed by atoms with van der Waals surface area (Å²) >= 11 is 0. The van der Waals surface area contributed by atoms with Gasteiger partial charge >= 0.3 is 0 Å². The van der Waals surface area contributed by atoms with E-state index in [1.54, 1.807) is 6.20 Å². The van der Waals surface area contributed by atoms with Crippen molar-refractivity contribution in [2.75, 3.05) is 6.54 Å². The minimum absolute atomic E-state index is 0.102. The van der Waals surface area contributed by atoms with Gasteiger partial charge in [-0.1, -0.05) is 0 Å². The molecule has 1 aliphatic heterocycles. The number of carbonyl (C=O) groups excluding carboxylic acids is 1. The molecule has 1 N–H and O–H groups in total. The van der Waals surface area contributed by atoms with E-state index in [1.165, 1.54) is 0 Å². The second-order valence-corrected chi connectivity index (χ2v) is 5.64. The molecule has 0 aromatic carbocycles. The monoisotopic (exact) mass is 287 g/mol. The Morgan fingerprint density at radius 3 is 3.00 bits per heavy atom. The van der Waals surface area contributed by atoms with Gasteiger partial charge in [0.05, 0.1) is 6.04 Å². The molecule has 0 radical (unpaired) electrons. The maximum Gasteiger partial charge on any atom is 0.225 e. The van der Waals surface area contributed by atoms with Gasteiger partial charge in [-0.2, -0.15) is 5.10 Å². The fourth-order valence-corrected chi connectivity index (χ4v) is 2.93. The molecule has 112 valence electrons. The van der Waals surface area contributed by atoms with Gasteiger partial charge in [-0.05, 0) is 32.8 Å². The fraction of sp³-hybridized carbons (Fsp3) is 0.533. The first-order valence-electron chi connectivity index (χ1n) is 7.44. The number of aromatic nitrogens is 4. The molecule has 2 aromatic heterocycles. The third-order valence-electron chi connectivity index (χ3n) is 4.08. The number of H-pyrrole nitrogens is 1. The number of likely N-dealkylation sites (tertiary alicyclic amines) is 1. The van der Waals surface area contributed by atoms with Crippen LogP contribution >= 0.6 is 0 Å². The summed E-state index contributed by atoms with van der Waals surface area (Å²) in [4.78, 5) is 22.1. The van der Waals surface area contributed by atoms with Crippen LogP contribution in [0, 0.1) is 13.8 Å². The lowest BCUT2D eigenvalue weighted by Gasteiger charge is -2.23. The van der Waals surface area contributed by atoms with Crippen molar-refractivity contribution in [2.45, 2.75) is 45.7 Å². The van der Waals surface area contributed by atoms with Crippen LogP contribution in [0.4, 0.5) is 0 Å². The number of nitrogens with one attached hydrogen (secondary N) is 1. The molecule has 2 aromatic rings. The minimum Gasteiger partial charge on any atom is -0.344 e. The van der Waals surface area contributed by atoms with Crippen LogP contribution < -0.4 is 0 Å². The van der Waals surface area contributed by atoms with Crippen molar-refractivity contribution in [3.63, 3.8) is 0 Å². The number of aromatic amines is 1. The molecule has 1 amide bonds. The predicted molar refractivity (Wildman–Crippen MR) is 78.6 cm³/mol. The van der Waals surface area contributed by atoms with Crippen molar-refractivity contribution < 1.29 is 4.79 Å².